The Kier molecular flexibility index (Phi) is 5.55. The summed E-state index contributed by atoms with van der Waals surface area (Å²) in [6.07, 6.45) is 10.2. The normalized spacial score (nSPS) is 14.6. The van der Waals surface area contributed by atoms with Gasteiger partial charge in [-0.25, -0.2) is 4.98 Å². The van der Waals surface area contributed by atoms with E-state index in [2.05, 4.69) is 21.7 Å². The van der Waals surface area contributed by atoms with Crippen molar-refractivity contribution in [1.29, 1.82) is 0 Å². The second-order valence-corrected chi connectivity index (χ2v) is 4.97. The molecule has 2 rings (SSSR count). The monoisotopic (exact) mass is 274 g/mol. The molecule has 1 heterocycles. The van der Waals surface area contributed by atoms with Crippen LogP contribution < -0.4 is 16.4 Å². The molecule has 0 saturated heterocycles. The zero-order chi connectivity index (χ0) is 14.2. The van der Waals surface area contributed by atoms with Gasteiger partial charge in [0.2, 0.25) is 5.91 Å². The van der Waals surface area contributed by atoms with Crippen molar-refractivity contribution in [2.24, 2.45) is 5.73 Å². The topological polar surface area (TPSA) is 80.0 Å². The summed E-state index contributed by atoms with van der Waals surface area (Å²) < 4.78 is 0. The number of allylic oxidation sites excluding steroid dienone is 1. The second kappa shape index (κ2) is 7.65. The highest BCUT2D eigenvalue weighted by molar-refractivity contribution is 5.91. The van der Waals surface area contributed by atoms with Crippen molar-refractivity contribution in [3.05, 3.63) is 30.0 Å². The van der Waals surface area contributed by atoms with Crippen LogP contribution in [-0.4, -0.2) is 24.0 Å². The maximum absolute atomic E-state index is 11.1. The predicted octanol–water partition coefficient (Wildman–Crippen LogP) is 2.28. The molecule has 0 radical (unpaired) electrons. The van der Waals surface area contributed by atoms with E-state index in [4.69, 9.17) is 5.73 Å². The SMILES string of the molecule is NCC(=O)Nc1ccc(NCCC2=CCCCC2)nc1. The molecular weight excluding hydrogens is 252 g/mol. The van der Waals surface area contributed by atoms with Crippen LogP contribution in [0.5, 0.6) is 0 Å². The predicted molar refractivity (Wildman–Crippen MR) is 81.6 cm³/mol. The van der Waals surface area contributed by atoms with Crippen molar-refractivity contribution in [3.63, 3.8) is 0 Å². The van der Waals surface area contributed by atoms with E-state index in [1.807, 2.05) is 12.1 Å². The van der Waals surface area contributed by atoms with Gasteiger partial charge in [0.1, 0.15) is 5.82 Å². The number of rotatable bonds is 6. The molecule has 1 aliphatic rings. The molecule has 1 amide bonds. The third kappa shape index (κ3) is 4.66. The Morgan fingerprint density at radius 3 is 2.90 bits per heavy atom. The molecular formula is C15H22N4O. The van der Waals surface area contributed by atoms with E-state index in [0.717, 1.165) is 18.8 Å². The Labute approximate surface area is 119 Å². The van der Waals surface area contributed by atoms with Crippen LogP contribution in [0.3, 0.4) is 0 Å². The molecule has 0 spiro atoms. The van der Waals surface area contributed by atoms with E-state index in [-0.39, 0.29) is 12.5 Å². The minimum atomic E-state index is -0.211. The first-order chi connectivity index (χ1) is 9.78. The molecule has 0 fully saturated rings. The summed E-state index contributed by atoms with van der Waals surface area (Å²) in [5, 5.41) is 5.96. The molecule has 0 aliphatic heterocycles. The molecule has 0 bridgehead atoms. The number of amides is 1. The van der Waals surface area contributed by atoms with Gasteiger partial charge in [-0.15, -0.1) is 0 Å². The van der Waals surface area contributed by atoms with E-state index in [1.54, 1.807) is 11.8 Å². The van der Waals surface area contributed by atoms with E-state index in [1.165, 1.54) is 25.7 Å². The quantitative estimate of drug-likeness (QED) is 0.695. The fourth-order valence-corrected chi connectivity index (χ4v) is 2.27. The minimum Gasteiger partial charge on any atom is -0.370 e. The Morgan fingerprint density at radius 2 is 2.25 bits per heavy atom. The van der Waals surface area contributed by atoms with Crippen molar-refractivity contribution in [2.45, 2.75) is 32.1 Å². The summed E-state index contributed by atoms with van der Waals surface area (Å²) in [5.41, 5.74) is 7.46. The number of nitrogens with two attached hydrogens (primary N) is 1. The zero-order valence-electron chi connectivity index (χ0n) is 11.7. The highest BCUT2D eigenvalue weighted by Gasteiger charge is 2.04. The Bertz CT molecular complexity index is 467. The van der Waals surface area contributed by atoms with Gasteiger partial charge in [0.15, 0.2) is 0 Å². The van der Waals surface area contributed by atoms with Gasteiger partial charge in [-0.1, -0.05) is 11.6 Å². The highest BCUT2D eigenvalue weighted by Crippen LogP contribution is 2.20. The van der Waals surface area contributed by atoms with Crippen LogP contribution in [0.25, 0.3) is 0 Å². The summed E-state index contributed by atoms with van der Waals surface area (Å²) in [5.74, 6) is 0.615. The van der Waals surface area contributed by atoms with Gasteiger partial charge in [-0.05, 0) is 44.2 Å². The van der Waals surface area contributed by atoms with Gasteiger partial charge in [-0.2, -0.15) is 0 Å². The van der Waals surface area contributed by atoms with Crippen molar-refractivity contribution >= 4 is 17.4 Å². The van der Waals surface area contributed by atoms with Crippen LogP contribution >= 0.6 is 0 Å². The average molecular weight is 274 g/mol. The third-order valence-corrected chi connectivity index (χ3v) is 3.37. The maximum atomic E-state index is 11.1. The van der Waals surface area contributed by atoms with Crippen molar-refractivity contribution in [2.75, 3.05) is 23.7 Å². The lowest BCUT2D eigenvalue weighted by atomic mass is 9.97. The lowest BCUT2D eigenvalue weighted by molar-refractivity contribution is -0.114. The first-order valence-corrected chi connectivity index (χ1v) is 7.15. The molecule has 20 heavy (non-hydrogen) atoms. The van der Waals surface area contributed by atoms with Gasteiger partial charge in [0, 0.05) is 6.54 Å². The number of aromatic nitrogens is 1. The van der Waals surface area contributed by atoms with Gasteiger partial charge in [0.25, 0.3) is 0 Å². The molecule has 1 aliphatic carbocycles. The first-order valence-electron chi connectivity index (χ1n) is 7.15. The van der Waals surface area contributed by atoms with Crippen LogP contribution in [0.1, 0.15) is 32.1 Å². The Hall–Kier alpha value is -1.88. The number of nitrogens with one attached hydrogen (secondary N) is 2. The number of carbonyl (C=O) groups is 1. The summed E-state index contributed by atoms with van der Waals surface area (Å²) >= 11 is 0. The minimum absolute atomic E-state index is 0.0187. The van der Waals surface area contributed by atoms with Gasteiger partial charge < -0.3 is 16.4 Å². The largest absolute Gasteiger partial charge is 0.370 e. The maximum Gasteiger partial charge on any atom is 0.238 e. The summed E-state index contributed by atoms with van der Waals surface area (Å²) in [6.45, 7) is 0.877. The highest BCUT2D eigenvalue weighted by atomic mass is 16.1. The number of hydrogen-bond donors (Lipinski definition) is 3. The van der Waals surface area contributed by atoms with Gasteiger partial charge in [0.05, 0.1) is 18.4 Å². The fourth-order valence-electron chi connectivity index (χ4n) is 2.27. The van der Waals surface area contributed by atoms with Gasteiger partial charge in [-0.3, -0.25) is 4.79 Å². The zero-order valence-corrected chi connectivity index (χ0v) is 11.7. The molecule has 0 saturated carbocycles. The number of hydrogen-bond acceptors (Lipinski definition) is 4. The summed E-state index contributed by atoms with van der Waals surface area (Å²) in [7, 11) is 0. The number of nitrogens with zero attached hydrogens (tertiary/aromatic N) is 1. The number of pyridine rings is 1. The Morgan fingerprint density at radius 1 is 1.35 bits per heavy atom. The second-order valence-electron chi connectivity index (χ2n) is 4.97. The standard InChI is InChI=1S/C15H22N4O/c16-10-15(20)19-13-6-7-14(18-11-13)17-9-8-12-4-2-1-3-5-12/h4,6-7,11H,1-3,5,8-10,16H2,(H,17,18)(H,19,20). The summed E-state index contributed by atoms with van der Waals surface area (Å²) in [4.78, 5) is 15.4. The summed E-state index contributed by atoms with van der Waals surface area (Å²) in [6, 6.07) is 3.68. The molecule has 4 N–H and O–H groups in total. The molecule has 0 atom stereocenters. The van der Waals surface area contributed by atoms with Crippen LogP contribution in [-0.2, 0) is 4.79 Å². The van der Waals surface area contributed by atoms with Crippen molar-refractivity contribution < 1.29 is 4.79 Å². The third-order valence-electron chi connectivity index (χ3n) is 3.37. The first kappa shape index (κ1) is 14.5. The Balaban J connectivity index is 1.75. The smallest absolute Gasteiger partial charge is 0.238 e. The van der Waals surface area contributed by atoms with Crippen LogP contribution in [0.15, 0.2) is 30.0 Å². The number of carbonyl (C=O) groups excluding carboxylic acids is 1. The molecule has 5 heteroatoms. The number of anilines is 2. The average Bonchev–Trinajstić information content (AvgIpc) is 2.50. The molecule has 108 valence electrons. The molecule has 0 aromatic carbocycles. The van der Waals surface area contributed by atoms with E-state index in [0.29, 0.717) is 5.69 Å². The molecule has 1 aromatic rings. The van der Waals surface area contributed by atoms with Crippen molar-refractivity contribution in [1.82, 2.24) is 4.98 Å². The fraction of sp³-hybridized carbons (Fsp3) is 0.467. The van der Waals surface area contributed by atoms with Crippen LogP contribution in [0, 0.1) is 0 Å². The molecule has 0 unspecified atom stereocenters. The lowest BCUT2D eigenvalue weighted by Gasteiger charge is -2.13. The van der Waals surface area contributed by atoms with E-state index >= 15 is 0 Å². The van der Waals surface area contributed by atoms with E-state index in [9.17, 15) is 4.79 Å². The van der Waals surface area contributed by atoms with E-state index < -0.39 is 0 Å². The van der Waals surface area contributed by atoms with Crippen molar-refractivity contribution in [3.8, 4) is 0 Å². The van der Waals surface area contributed by atoms with Gasteiger partial charge >= 0.3 is 0 Å². The van der Waals surface area contributed by atoms with Crippen LogP contribution in [0.4, 0.5) is 11.5 Å². The molecule has 5 nitrogen and oxygen atoms in total. The van der Waals surface area contributed by atoms with Crippen LogP contribution in [0.2, 0.25) is 0 Å². The lowest BCUT2D eigenvalue weighted by Crippen LogP contribution is -2.21. The molecule has 1 aromatic heterocycles.